The van der Waals surface area contributed by atoms with Gasteiger partial charge in [0.25, 0.3) is 0 Å². The largest absolute Gasteiger partial charge is 0.461 e. The maximum absolute atomic E-state index is 11.8. The Morgan fingerprint density at radius 2 is 2.24 bits per heavy atom. The second-order valence-corrected chi connectivity index (χ2v) is 5.87. The van der Waals surface area contributed by atoms with Gasteiger partial charge in [-0.1, -0.05) is 30.7 Å². The van der Waals surface area contributed by atoms with Gasteiger partial charge in [-0.15, -0.1) is 0 Å². The molecule has 1 aliphatic heterocycles. The van der Waals surface area contributed by atoms with Crippen molar-refractivity contribution in [2.75, 3.05) is 0 Å². The molecule has 1 saturated carbocycles. The molecule has 2 aliphatic carbocycles. The highest BCUT2D eigenvalue weighted by Gasteiger charge is 2.50. The van der Waals surface area contributed by atoms with E-state index in [2.05, 4.69) is 19.6 Å². The van der Waals surface area contributed by atoms with Crippen molar-refractivity contribution in [3.8, 4) is 0 Å². The van der Waals surface area contributed by atoms with E-state index in [1.54, 1.807) is 0 Å². The van der Waals surface area contributed by atoms with E-state index in [0.29, 0.717) is 17.8 Å². The van der Waals surface area contributed by atoms with Crippen LogP contribution in [0.2, 0.25) is 0 Å². The highest BCUT2D eigenvalue weighted by molar-refractivity contribution is 5.75. The molecule has 1 saturated heterocycles. The van der Waals surface area contributed by atoms with E-state index < -0.39 is 0 Å². The third-order valence-corrected chi connectivity index (χ3v) is 5.02. The van der Waals surface area contributed by atoms with E-state index in [-0.39, 0.29) is 18.0 Å². The van der Waals surface area contributed by atoms with Crippen LogP contribution in [0.1, 0.15) is 33.1 Å². The first-order chi connectivity index (χ1) is 8.09. The molecule has 0 aromatic rings. The summed E-state index contributed by atoms with van der Waals surface area (Å²) in [6, 6.07) is 0. The molecule has 0 bridgehead atoms. The molecule has 0 N–H and O–H groups in total. The van der Waals surface area contributed by atoms with Gasteiger partial charge >= 0.3 is 5.97 Å². The minimum atomic E-state index is -0.00796. The number of hydrogen-bond donors (Lipinski definition) is 0. The lowest BCUT2D eigenvalue weighted by Gasteiger charge is -2.27. The van der Waals surface area contributed by atoms with Crippen molar-refractivity contribution < 1.29 is 9.53 Å². The molecule has 17 heavy (non-hydrogen) atoms. The molecule has 0 aromatic carbocycles. The van der Waals surface area contributed by atoms with Crippen molar-refractivity contribution in [2.24, 2.45) is 23.7 Å². The molecule has 2 fully saturated rings. The molecule has 5 atom stereocenters. The third kappa shape index (κ3) is 1.50. The maximum atomic E-state index is 11.8. The van der Waals surface area contributed by atoms with Crippen LogP contribution in [-0.2, 0) is 9.53 Å². The molecule has 0 aromatic heterocycles. The van der Waals surface area contributed by atoms with E-state index in [1.807, 2.05) is 6.92 Å². The SMILES string of the molecule is C=C1CC[C@@H]2C(C)=CC[C@@H]3[C@@H](OC(=O)[C@H]3C)[C@@H]12. The van der Waals surface area contributed by atoms with Crippen LogP contribution in [0.4, 0.5) is 0 Å². The van der Waals surface area contributed by atoms with Crippen LogP contribution in [0.5, 0.6) is 0 Å². The van der Waals surface area contributed by atoms with Gasteiger partial charge in [-0.3, -0.25) is 4.79 Å². The van der Waals surface area contributed by atoms with Gasteiger partial charge in [0.1, 0.15) is 6.10 Å². The van der Waals surface area contributed by atoms with Crippen LogP contribution < -0.4 is 0 Å². The Labute approximate surface area is 103 Å². The molecular formula is C15H20O2. The van der Waals surface area contributed by atoms with Gasteiger partial charge in [0.15, 0.2) is 0 Å². The standard InChI is InChI=1S/C15H20O2/c1-8-4-7-12-10(3)15(16)17-14(12)13-9(2)5-6-11(8)13/h4,10-14H,2,5-7H2,1,3H3/t10-,11+,12-,13-,14+/m0/s1. The van der Waals surface area contributed by atoms with E-state index in [1.165, 1.54) is 17.6 Å². The van der Waals surface area contributed by atoms with E-state index in [4.69, 9.17) is 4.74 Å². The van der Waals surface area contributed by atoms with Gasteiger partial charge < -0.3 is 4.74 Å². The Hall–Kier alpha value is -1.05. The van der Waals surface area contributed by atoms with Crippen molar-refractivity contribution in [3.05, 3.63) is 23.8 Å². The molecule has 0 radical (unpaired) electrons. The number of rotatable bonds is 0. The zero-order valence-electron chi connectivity index (χ0n) is 10.6. The van der Waals surface area contributed by atoms with Gasteiger partial charge in [-0.2, -0.15) is 0 Å². The Morgan fingerprint density at radius 3 is 3.00 bits per heavy atom. The first kappa shape index (κ1) is 11.1. The predicted molar refractivity (Wildman–Crippen MR) is 66.3 cm³/mol. The summed E-state index contributed by atoms with van der Waals surface area (Å²) in [5, 5.41) is 0. The summed E-state index contributed by atoms with van der Waals surface area (Å²) < 4.78 is 5.66. The van der Waals surface area contributed by atoms with Crippen molar-refractivity contribution in [2.45, 2.75) is 39.2 Å². The second kappa shape index (κ2) is 3.72. The zero-order valence-corrected chi connectivity index (χ0v) is 10.6. The number of esters is 1. The van der Waals surface area contributed by atoms with Crippen LogP contribution in [0.3, 0.4) is 0 Å². The Morgan fingerprint density at radius 1 is 1.47 bits per heavy atom. The minimum Gasteiger partial charge on any atom is -0.461 e. The lowest BCUT2D eigenvalue weighted by Crippen LogP contribution is -2.29. The van der Waals surface area contributed by atoms with Crippen LogP contribution >= 0.6 is 0 Å². The Kier molecular flexibility index (Phi) is 2.42. The van der Waals surface area contributed by atoms with Crippen molar-refractivity contribution >= 4 is 5.97 Å². The summed E-state index contributed by atoms with van der Waals surface area (Å²) in [4.78, 5) is 11.8. The lowest BCUT2D eigenvalue weighted by atomic mass is 9.79. The Bertz CT molecular complexity index is 407. The number of fused-ring (bicyclic) bond motifs is 3. The zero-order chi connectivity index (χ0) is 12.2. The quantitative estimate of drug-likeness (QED) is 0.474. The van der Waals surface area contributed by atoms with Gasteiger partial charge in [0, 0.05) is 11.8 Å². The van der Waals surface area contributed by atoms with Crippen LogP contribution in [0.15, 0.2) is 23.8 Å². The van der Waals surface area contributed by atoms with Gasteiger partial charge in [0.2, 0.25) is 0 Å². The van der Waals surface area contributed by atoms with Crippen molar-refractivity contribution in [1.29, 1.82) is 0 Å². The average molecular weight is 232 g/mol. The topological polar surface area (TPSA) is 26.3 Å². The lowest BCUT2D eigenvalue weighted by molar-refractivity contribution is -0.145. The van der Waals surface area contributed by atoms with E-state index in [9.17, 15) is 4.79 Å². The monoisotopic (exact) mass is 232 g/mol. The number of carbonyl (C=O) groups excluding carboxylic acids is 1. The summed E-state index contributed by atoms with van der Waals surface area (Å²) in [6.45, 7) is 8.44. The molecule has 2 nitrogen and oxygen atoms in total. The second-order valence-electron chi connectivity index (χ2n) is 5.87. The molecule has 0 unspecified atom stereocenters. The van der Waals surface area contributed by atoms with Crippen LogP contribution in [0, 0.1) is 23.7 Å². The third-order valence-electron chi connectivity index (χ3n) is 5.02. The molecule has 2 heteroatoms. The summed E-state index contributed by atoms with van der Waals surface area (Å²) in [5.41, 5.74) is 2.77. The number of carbonyl (C=O) groups is 1. The molecule has 92 valence electrons. The fraction of sp³-hybridized carbons (Fsp3) is 0.667. The minimum absolute atomic E-state index is 0.00796. The first-order valence-corrected chi connectivity index (χ1v) is 6.64. The van der Waals surface area contributed by atoms with E-state index in [0.717, 1.165) is 12.8 Å². The van der Waals surface area contributed by atoms with Gasteiger partial charge in [-0.05, 0) is 32.1 Å². The van der Waals surface area contributed by atoms with E-state index >= 15 is 0 Å². The smallest absolute Gasteiger partial charge is 0.309 e. The maximum Gasteiger partial charge on any atom is 0.309 e. The van der Waals surface area contributed by atoms with Crippen molar-refractivity contribution in [1.82, 2.24) is 0 Å². The molecule has 1 heterocycles. The summed E-state index contributed by atoms with van der Waals surface area (Å²) in [5.74, 6) is 1.35. The normalized spacial score (nSPS) is 44.8. The molecule has 3 rings (SSSR count). The summed E-state index contributed by atoms with van der Waals surface area (Å²) in [7, 11) is 0. The Balaban J connectivity index is 2.00. The highest BCUT2D eigenvalue weighted by Crippen LogP contribution is 2.50. The molecular weight excluding hydrogens is 212 g/mol. The number of allylic oxidation sites excluding steroid dienone is 2. The van der Waals surface area contributed by atoms with Crippen LogP contribution in [-0.4, -0.2) is 12.1 Å². The van der Waals surface area contributed by atoms with Gasteiger partial charge in [0.05, 0.1) is 5.92 Å². The predicted octanol–water partition coefficient (Wildman–Crippen LogP) is 3.10. The van der Waals surface area contributed by atoms with Gasteiger partial charge in [-0.25, -0.2) is 0 Å². The molecule has 0 amide bonds. The highest BCUT2D eigenvalue weighted by atomic mass is 16.6. The van der Waals surface area contributed by atoms with Crippen LogP contribution in [0.25, 0.3) is 0 Å². The summed E-state index contributed by atoms with van der Waals surface area (Å²) >= 11 is 0. The molecule has 0 spiro atoms. The first-order valence-electron chi connectivity index (χ1n) is 6.64. The van der Waals surface area contributed by atoms with Crippen molar-refractivity contribution in [3.63, 3.8) is 0 Å². The number of ether oxygens (including phenoxy) is 1. The summed E-state index contributed by atoms with van der Waals surface area (Å²) in [6.07, 6.45) is 5.69. The average Bonchev–Trinajstić information content (AvgIpc) is 2.75. The molecule has 3 aliphatic rings. The fourth-order valence-electron chi connectivity index (χ4n) is 3.88. The number of hydrogen-bond acceptors (Lipinski definition) is 2. The fourth-order valence-corrected chi connectivity index (χ4v) is 3.88.